The van der Waals surface area contributed by atoms with Crippen LogP contribution in [0, 0.1) is 0 Å². The normalized spacial score (nSPS) is 13.9. The van der Waals surface area contributed by atoms with Gasteiger partial charge >= 0.3 is 0 Å². The zero-order valence-electron chi connectivity index (χ0n) is 10.4. The predicted octanol–water partition coefficient (Wildman–Crippen LogP) is 2.89. The van der Waals surface area contributed by atoms with Gasteiger partial charge in [0.1, 0.15) is 11.1 Å². The molecule has 0 bridgehead atoms. The van der Waals surface area contributed by atoms with Gasteiger partial charge in [0.15, 0.2) is 0 Å². The molecule has 94 valence electrons. The van der Waals surface area contributed by atoms with E-state index in [0.717, 1.165) is 11.3 Å². The smallest absolute Gasteiger partial charge is 0.238 e. The molecule has 0 aliphatic heterocycles. The Bertz CT molecular complexity index is 362. The quantitative estimate of drug-likeness (QED) is 0.822. The van der Waals surface area contributed by atoms with Crippen LogP contribution in [0.4, 0.5) is 0 Å². The van der Waals surface area contributed by atoms with Crippen LogP contribution in [0.25, 0.3) is 0 Å². The van der Waals surface area contributed by atoms with Crippen molar-refractivity contribution in [3.05, 3.63) is 29.8 Å². The van der Waals surface area contributed by atoms with Gasteiger partial charge in [-0.15, -0.1) is 11.6 Å². The number of hydrogen-bond donors (Lipinski definition) is 1. The summed E-state index contributed by atoms with van der Waals surface area (Å²) in [5.74, 6) is 0.675. The summed E-state index contributed by atoms with van der Waals surface area (Å²) in [5.41, 5.74) is 1.03. The van der Waals surface area contributed by atoms with Crippen LogP contribution in [0.1, 0.15) is 32.4 Å². The Labute approximate surface area is 107 Å². The van der Waals surface area contributed by atoms with Crippen LogP contribution in [0.15, 0.2) is 24.3 Å². The first-order valence-electron chi connectivity index (χ1n) is 5.71. The summed E-state index contributed by atoms with van der Waals surface area (Å²) in [6.07, 6.45) is 0. The van der Waals surface area contributed by atoms with E-state index < -0.39 is 5.38 Å². The maximum atomic E-state index is 11.4. The highest BCUT2D eigenvalue weighted by molar-refractivity contribution is 6.30. The Hall–Kier alpha value is -1.22. The molecular weight excluding hydrogens is 238 g/mol. The van der Waals surface area contributed by atoms with Crippen molar-refractivity contribution in [3.8, 4) is 5.75 Å². The first-order valence-corrected chi connectivity index (χ1v) is 6.15. The predicted molar refractivity (Wildman–Crippen MR) is 69.5 cm³/mol. The molecule has 1 N–H and O–H groups in total. The lowest BCUT2D eigenvalue weighted by Crippen LogP contribution is -2.31. The highest BCUT2D eigenvalue weighted by Gasteiger charge is 2.13. The van der Waals surface area contributed by atoms with Gasteiger partial charge in [-0.05, 0) is 38.5 Å². The third kappa shape index (κ3) is 4.27. The van der Waals surface area contributed by atoms with Crippen molar-refractivity contribution < 1.29 is 9.53 Å². The van der Waals surface area contributed by atoms with E-state index in [9.17, 15) is 4.79 Å². The van der Waals surface area contributed by atoms with Gasteiger partial charge in [0.2, 0.25) is 5.91 Å². The lowest BCUT2D eigenvalue weighted by Gasteiger charge is -2.15. The number of hydrogen-bond acceptors (Lipinski definition) is 2. The molecule has 0 heterocycles. The number of benzene rings is 1. The van der Waals surface area contributed by atoms with Crippen molar-refractivity contribution in [1.82, 2.24) is 5.32 Å². The number of halogens is 1. The van der Waals surface area contributed by atoms with E-state index >= 15 is 0 Å². The van der Waals surface area contributed by atoms with Gasteiger partial charge in [-0.25, -0.2) is 0 Å². The van der Waals surface area contributed by atoms with Crippen molar-refractivity contribution in [2.24, 2.45) is 0 Å². The van der Waals surface area contributed by atoms with Gasteiger partial charge in [0.25, 0.3) is 0 Å². The zero-order valence-corrected chi connectivity index (χ0v) is 11.1. The van der Waals surface area contributed by atoms with Crippen LogP contribution < -0.4 is 10.1 Å². The summed E-state index contributed by atoms with van der Waals surface area (Å²) in [6.45, 7) is 6.17. The maximum absolute atomic E-state index is 11.4. The molecule has 4 heteroatoms. The van der Waals surface area contributed by atoms with Crippen molar-refractivity contribution in [1.29, 1.82) is 0 Å². The topological polar surface area (TPSA) is 38.3 Å². The molecule has 0 aromatic heterocycles. The molecule has 0 fully saturated rings. The molecule has 2 atom stereocenters. The van der Waals surface area contributed by atoms with E-state index in [-0.39, 0.29) is 11.9 Å². The molecule has 0 aliphatic rings. The minimum atomic E-state index is -0.514. The van der Waals surface area contributed by atoms with E-state index in [1.807, 2.05) is 38.1 Å². The summed E-state index contributed by atoms with van der Waals surface area (Å²) in [7, 11) is 0. The number of rotatable bonds is 5. The third-order valence-corrected chi connectivity index (χ3v) is 2.61. The fourth-order valence-electron chi connectivity index (χ4n) is 1.43. The largest absolute Gasteiger partial charge is 0.494 e. The van der Waals surface area contributed by atoms with Crippen molar-refractivity contribution in [3.63, 3.8) is 0 Å². The van der Waals surface area contributed by atoms with E-state index in [1.54, 1.807) is 6.92 Å². The average Bonchev–Trinajstić information content (AvgIpc) is 2.30. The highest BCUT2D eigenvalue weighted by atomic mass is 35.5. The van der Waals surface area contributed by atoms with E-state index in [2.05, 4.69) is 5.32 Å². The number of nitrogens with one attached hydrogen (secondary N) is 1. The molecule has 0 radical (unpaired) electrons. The standard InChI is InChI=1S/C13H18ClNO2/c1-4-17-12-7-5-11(6-8-12)10(3)15-13(16)9(2)14/h5-10H,4H2,1-3H3,(H,15,16). The maximum Gasteiger partial charge on any atom is 0.238 e. The highest BCUT2D eigenvalue weighted by Crippen LogP contribution is 2.17. The van der Waals surface area contributed by atoms with Crippen molar-refractivity contribution >= 4 is 17.5 Å². The molecule has 1 aromatic rings. The minimum Gasteiger partial charge on any atom is -0.494 e. The third-order valence-electron chi connectivity index (χ3n) is 2.41. The van der Waals surface area contributed by atoms with Crippen molar-refractivity contribution in [2.75, 3.05) is 6.61 Å². The molecular formula is C13H18ClNO2. The first kappa shape index (κ1) is 13.8. The number of alkyl halides is 1. The number of carbonyl (C=O) groups is 1. The van der Waals surface area contributed by atoms with E-state index in [4.69, 9.17) is 16.3 Å². The second-order valence-electron chi connectivity index (χ2n) is 3.85. The second kappa shape index (κ2) is 6.50. The van der Waals surface area contributed by atoms with Crippen LogP contribution in [-0.4, -0.2) is 17.9 Å². The Balaban J connectivity index is 2.63. The monoisotopic (exact) mass is 255 g/mol. The number of ether oxygens (including phenoxy) is 1. The molecule has 0 saturated carbocycles. The van der Waals surface area contributed by atoms with Crippen LogP contribution in [0.3, 0.4) is 0 Å². The van der Waals surface area contributed by atoms with E-state index in [1.165, 1.54) is 0 Å². The molecule has 0 spiro atoms. The van der Waals surface area contributed by atoms with Crippen LogP contribution in [0.2, 0.25) is 0 Å². The SMILES string of the molecule is CCOc1ccc(C(C)NC(=O)C(C)Cl)cc1. The minimum absolute atomic E-state index is 0.0561. The molecule has 0 saturated heterocycles. The first-order chi connectivity index (χ1) is 8.04. The number of carbonyl (C=O) groups excluding carboxylic acids is 1. The summed E-state index contributed by atoms with van der Waals surface area (Å²) in [4.78, 5) is 11.4. The number of amides is 1. The van der Waals surface area contributed by atoms with Gasteiger partial charge in [0, 0.05) is 0 Å². The Morgan fingerprint density at radius 1 is 1.35 bits per heavy atom. The fourth-order valence-corrected chi connectivity index (χ4v) is 1.49. The average molecular weight is 256 g/mol. The Kier molecular flexibility index (Phi) is 5.29. The molecule has 1 aromatic carbocycles. The summed E-state index contributed by atoms with van der Waals surface area (Å²) < 4.78 is 5.35. The van der Waals surface area contributed by atoms with Crippen LogP contribution >= 0.6 is 11.6 Å². The lowest BCUT2D eigenvalue weighted by atomic mass is 10.1. The van der Waals surface area contributed by atoms with Gasteiger partial charge < -0.3 is 10.1 Å². The summed E-state index contributed by atoms with van der Waals surface area (Å²) in [5, 5.41) is 2.32. The molecule has 2 unspecified atom stereocenters. The summed E-state index contributed by atoms with van der Waals surface area (Å²) in [6, 6.07) is 7.61. The van der Waals surface area contributed by atoms with Crippen molar-refractivity contribution in [2.45, 2.75) is 32.2 Å². The lowest BCUT2D eigenvalue weighted by molar-refractivity contribution is -0.121. The van der Waals surface area contributed by atoms with Gasteiger partial charge in [-0.3, -0.25) is 4.79 Å². The van der Waals surface area contributed by atoms with E-state index in [0.29, 0.717) is 6.61 Å². The molecule has 3 nitrogen and oxygen atoms in total. The molecule has 0 aliphatic carbocycles. The van der Waals surface area contributed by atoms with Gasteiger partial charge in [-0.2, -0.15) is 0 Å². The van der Waals surface area contributed by atoms with Gasteiger partial charge in [0.05, 0.1) is 12.6 Å². The fraction of sp³-hybridized carbons (Fsp3) is 0.462. The van der Waals surface area contributed by atoms with Crippen LogP contribution in [0.5, 0.6) is 5.75 Å². The molecule has 1 rings (SSSR count). The van der Waals surface area contributed by atoms with Crippen LogP contribution in [-0.2, 0) is 4.79 Å². The summed E-state index contributed by atoms with van der Waals surface area (Å²) >= 11 is 5.69. The zero-order chi connectivity index (χ0) is 12.8. The Morgan fingerprint density at radius 3 is 2.41 bits per heavy atom. The second-order valence-corrected chi connectivity index (χ2v) is 4.50. The molecule has 17 heavy (non-hydrogen) atoms. The Morgan fingerprint density at radius 2 is 1.94 bits per heavy atom. The molecule has 1 amide bonds. The van der Waals surface area contributed by atoms with Gasteiger partial charge in [-0.1, -0.05) is 12.1 Å².